The molecule has 0 aliphatic carbocycles. The van der Waals surface area contributed by atoms with E-state index < -0.39 is 0 Å². The molecule has 0 saturated carbocycles. The maximum Gasteiger partial charge on any atom is 0.409 e. The molecule has 0 atom stereocenters. The molecule has 1 saturated heterocycles. The third-order valence-corrected chi connectivity index (χ3v) is 4.08. The third kappa shape index (κ3) is 4.02. The molecule has 0 bridgehead atoms. The molecule has 2 rings (SSSR count). The molecular formula is C16H26N4O2. The molecule has 1 aliphatic heterocycles. The summed E-state index contributed by atoms with van der Waals surface area (Å²) in [6, 6.07) is 3.85. The monoisotopic (exact) mass is 306 g/mol. The zero-order valence-electron chi connectivity index (χ0n) is 13.7. The number of hydrogen-bond donors (Lipinski definition) is 1. The third-order valence-electron chi connectivity index (χ3n) is 4.08. The minimum Gasteiger partial charge on any atom is -0.450 e. The molecule has 1 amide bonds. The van der Waals surface area contributed by atoms with Gasteiger partial charge in [0.05, 0.1) is 18.0 Å². The predicted octanol–water partition coefficient (Wildman–Crippen LogP) is 2.14. The summed E-state index contributed by atoms with van der Waals surface area (Å²) in [6.45, 7) is 3.75. The van der Waals surface area contributed by atoms with Crippen LogP contribution in [0.15, 0.2) is 12.1 Å². The second-order valence-electron chi connectivity index (χ2n) is 5.93. The van der Waals surface area contributed by atoms with E-state index in [9.17, 15) is 4.79 Å². The van der Waals surface area contributed by atoms with Gasteiger partial charge in [-0.3, -0.25) is 0 Å². The van der Waals surface area contributed by atoms with E-state index in [2.05, 4.69) is 4.98 Å². The van der Waals surface area contributed by atoms with Crippen molar-refractivity contribution in [3.05, 3.63) is 17.8 Å². The van der Waals surface area contributed by atoms with Crippen molar-refractivity contribution >= 4 is 17.6 Å². The van der Waals surface area contributed by atoms with Crippen LogP contribution in [0.2, 0.25) is 0 Å². The standard InChI is InChI=1S/C16H26N4O2/c1-4-22-16(21)20-9-7-12(8-10-20)11-14-13(17)5-6-15(18-14)19(2)3/h5-6,12H,4,7-11,17H2,1-3H3. The largest absolute Gasteiger partial charge is 0.450 e. The highest BCUT2D eigenvalue weighted by molar-refractivity contribution is 5.67. The molecule has 122 valence electrons. The molecule has 2 N–H and O–H groups in total. The Balaban J connectivity index is 1.93. The number of amides is 1. The predicted molar refractivity (Wildman–Crippen MR) is 88.0 cm³/mol. The van der Waals surface area contributed by atoms with Gasteiger partial charge < -0.3 is 20.3 Å². The fourth-order valence-corrected chi connectivity index (χ4v) is 2.72. The number of nitrogen functional groups attached to an aromatic ring is 1. The van der Waals surface area contributed by atoms with Crippen molar-refractivity contribution < 1.29 is 9.53 Å². The van der Waals surface area contributed by atoms with E-state index in [0.29, 0.717) is 12.5 Å². The van der Waals surface area contributed by atoms with Gasteiger partial charge in [-0.25, -0.2) is 9.78 Å². The summed E-state index contributed by atoms with van der Waals surface area (Å²) in [5.74, 6) is 1.44. The Labute approximate surface area is 132 Å². The van der Waals surface area contributed by atoms with Crippen LogP contribution in [0.25, 0.3) is 0 Å². The average molecular weight is 306 g/mol. The summed E-state index contributed by atoms with van der Waals surface area (Å²) in [7, 11) is 3.94. The first kappa shape index (κ1) is 16.4. The highest BCUT2D eigenvalue weighted by Crippen LogP contribution is 2.25. The van der Waals surface area contributed by atoms with Crippen LogP contribution in [-0.4, -0.2) is 49.8 Å². The van der Waals surface area contributed by atoms with Crippen molar-refractivity contribution in [3.63, 3.8) is 0 Å². The molecular weight excluding hydrogens is 280 g/mol. The molecule has 0 unspecified atom stereocenters. The number of rotatable bonds is 4. The lowest BCUT2D eigenvalue weighted by Crippen LogP contribution is -2.39. The van der Waals surface area contributed by atoms with E-state index in [4.69, 9.17) is 10.5 Å². The van der Waals surface area contributed by atoms with E-state index in [0.717, 1.165) is 49.6 Å². The number of aromatic nitrogens is 1. The Kier molecular flexibility index (Phi) is 5.46. The summed E-state index contributed by atoms with van der Waals surface area (Å²) in [5.41, 5.74) is 7.76. The summed E-state index contributed by atoms with van der Waals surface area (Å²) in [5, 5.41) is 0. The van der Waals surface area contributed by atoms with Crippen molar-refractivity contribution in [2.24, 2.45) is 5.92 Å². The van der Waals surface area contributed by atoms with Crippen molar-refractivity contribution in [2.75, 3.05) is 44.4 Å². The number of nitrogens with two attached hydrogens (primary N) is 1. The smallest absolute Gasteiger partial charge is 0.409 e. The molecule has 0 aromatic carbocycles. The zero-order valence-corrected chi connectivity index (χ0v) is 13.7. The number of anilines is 2. The SMILES string of the molecule is CCOC(=O)N1CCC(Cc2nc(N(C)C)ccc2N)CC1. The van der Waals surface area contributed by atoms with E-state index in [1.165, 1.54) is 0 Å². The molecule has 6 heteroatoms. The van der Waals surface area contributed by atoms with E-state index in [1.807, 2.05) is 38.1 Å². The second-order valence-corrected chi connectivity index (χ2v) is 5.93. The van der Waals surface area contributed by atoms with Crippen LogP contribution in [0.5, 0.6) is 0 Å². The van der Waals surface area contributed by atoms with Crippen LogP contribution >= 0.6 is 0 Å². The number of carbonyl (C=O) groups is 1. The molecule has 0 radical (unpaired) electrons. The van der Waals surface area contributed by atoms with Crippen LogP contribution in [-0.2, 0) is 11.2 Å². The van der Waals surface area contributed by atoms with Crippen LogP contribution in [0.4, 0.5) is 16.3 Å². The Hall–Kier alpha value is -1.98. The summed E-state index contributed by atoms with van der Waals surface area (Å²) in [4.78, 5) is 20.1. The number of carbonyl (C=O) groups excluding carboxylic acids is 1. The van der Waals surface area contributed by atoms with Gasteiger partial charge >= 0.3 is 6.09 Å². The average Bonchev–Trinajstić information content (AvgIpc) is 2.50. The first-order valence-electron chi connectivity index (χ1n) is 7.85. The van der Waals surface area contributed by atoms with Gasteiger partial charge in [-0.1, -0.05) is 0 Å². The molecule has 22 heavy (non-hydrogen) atoms. The summed E-state index contributed by atoms with van der Waals surface area (Å²) < 4.78 is 5.05. The van der Waals surface area contributed by atoms with Crippen LogP contribution in [0, 0.1) is 5.92 Å². The van der Waals surface area contributed by atoms with Gasteiger partial charge in [0, 0.05) is 27.2 Å². The molecule has 1 aromatic rings. The van der Waals surface area contributed by atoms with Gasteiger partial charge in [0.15, 0.2) is 0 Å². The Bertz CT molecular complexity index is 511. The molecule has 0 spiro atoms. The fraction of sp³-hybridized carbons (Fsp3) is 0.625. The topological polar surface area (TPSA) is 71.7 Å². The zero-order chi connectivity index (χ0) is 16.1. The van der Waals surface area contributed by atoms with Crippen LogP contribution in [0.3, 0.4) is 0 Å². The molecule has 6 nitrogen and oxygen atoms in total. The lowest BCUT2D eigenvalue weighted by Gasteiger charge is -2.31. The number of hydrogen-bond acceptors (Lipinski definition) is 5. The first-order chi connectivity index (χ1) is 10.5. The Morgan fingerprint density at radius 1 is 1.41 bits per heavy atom. The van der Waals surface area contributed by atoms with E-state index in [-0.39, 0.29) is 6.09 Å². The summed E-state index contributed by atoms with van der Waals surface area (Å²) >= 11 is 0. The van der Waals surface area contributed by atoms with Gasteiger partial charge in [0.25, 0.3) is 0 Å². The maximum atomic E-state index is 11.7. The molecule has 1 aromatic heterocycles. The Morgan fingerprint density at radius 2 is 2.09 bits per heavy atom. The Morgan fingerprint density at radius 3 is 2.68 bits per heavy atom. The van der Waals surface area contributed by atoms with Gasteiger partial charge in [-0.2, -0.15) is 0 Å². The number of pyridine rings is 1. The highest BCUT2D eigenvalue weighted by atomic mass is 16.6. The van der Waals surface area contributed by atoms with E-state index in [1.54, 1.807) is 4.90 Å². The van der Waals surface area contributed by atoms with E-state index >= 15 is 0 Å². The van der Waals surface area contributed by atoms with Gasteiger partial charge in [-0.05, 0) is 44.2 Å². The van der Waals surface area contributed by atoms with Crippen LogP contribution in [0.1, 0.15) is 25.5 Å². The first-order valence-corrected chi connectivity index (χ1v) is 7.85. The highest BCUT2D eigenvalue weighted by Gasteiger charge is 2.24. The maximum absolute atomic E-state index is 11.7. The fourth-order valence-electron chi connectivity index (χ4n) is 2.72. The molecule has 1 fully saturated rings. The summed E-state index contributed by atoms with van der Waals surface area (Å²) in [6.07, 6.45) is 2.59. The van der Waals surface area contributed by atoms with Crippen molar-refractivity contribution in [2.45, 2.75) is 26.2 Å². The minimum absolute atomic E-state index is 0.201. The minimum atomic E-state index is -0.201. The van der Waals surface area contributed by atoms with Crippen LogP contribution < -0.4 is 10.6 Å². The van der Waals surface area contributed by atoms with Gasteiger partial charge in [0.2, 0.25) is 0 Å². The number of nitrogens with zero attached hydrogens (tertiary/aromatic N) is 3. The lowest BCUT2D eigenvalue weighted by molar-refractivity contribution is 0.0917. The molecule has 1 aliphatic rings. The second kappa shape index (κ2) is 7.33. The quantitative estimate of drug-likeness (QED) is 0.922. The van der Waals surface area contributed by atoms with Crippen molar-refractivity contribution in [1.82, 2.24) is 9.88 Å². The number of piperidine rings is 1. The van der Waals surface area contributed by atoms with Gasteiger partial charge in [0.1, 0.15) is 5.82 Å². The number of ether oxygens (including phenoxy) is 1. The van der Waals surface area contributed by atoms with Crippen molar-refractivity contribution in [1.29, 1.82) is 0 Å². The molecule has 2 heterocycles. The lowest BCUT2D eigenvalue weighted by atomic mass is 9.91. The van der Waals surface area contributed by atoms with Crippen molar-refractivity contribution in [3.8, 4) is 0 Å². The number of likely N-dealkylation sites (tertiary alicyclic amines) is 1. The normalized spacial score (nSPS) is 15.7. The van der Waals surface area contributed by atoms with Gasteiger partial charge in [-0.15, -0.1) is 0 Å².